The molecule has 0 amide bonds. The lowest BCUT2D eigenvalue weighted by molar-refractivity contribution is 0.285. The molecule has 0 spiro atoms. The molecule has 0 bridgehead atoms. The molecule has 1 atom stereocenters. The predicted molar refractivity (Wildman–Crippen MR) is 86.3 cm³/mol. The van der Waals surface area contributed by atoms with Crippen LogP contribution >= 0.6 is 15.9 Å². The molecular weight excluding hydrogens is 332 g/mol. The van der Waals surface area contributed by atoms with E-state index in [-0.39, 0.29) is 6.04 Å². The van der Waals surface area contributed by atoms with Gasteiger partial charge in [0.15, 0.2) is 5.82 Å². The first-order chi connectivity index (χ1) is 9.88. The van der Waals surface area contributed by atoms with Crippen LogP contribution in [0.5, 0.6) is 5.75 Å². The molecule has 5 nitrogen and oxygen atoms in total. The zero-order chi connectivity index (χ0) is 15.6. The van der Waals surface area contributed by atoms with Crippen molar-refractivity contribution in [3.8, 4) is 5.75 Å². The summed E-state index contributed by atoms with van der Waals surface area (Å²) < 4.78 is 8.97. The number of benzene rings is 1. The Bertz CT molecular complexity index is 637. The zero-order valence-corrected chi connectivity index (χ0v) is 14.4. The molecule has 2 aromatic rings. The maximum absolute atomic E-state index is 6.00. The van der Waals surface area contributed by atoms with Crippen LogP contribution in [0.15, 0.2) is 16.6 Å². The summed E-state index contributed by atoms with van der Waals surface area (Å²) in [5, 5.41) is 8.16. The molecule has 1 aromatic heterocycles. The van der Waals surface area contributed by atoms with E-state index in [0.717, 1.165) is 39.4 Å². The molecule has 0 radical (unpaired) electrons. The van der Waals surface area contributed by atoms with E-state index in [9.17, 15) is 0 Å². The molecule has 1 unspecified atom stereocenters. The molecule has 2 N–H and O–H groups in total. The van der Waals surface area contributed by atoms with Crippen molar-refractivity contribution < 1.29 is 4.74 Å². The van der Waals surface area contributed by atoms with Crippen LogP contribution in [0.4, 0.5) is 0 Å². The van der Waals surface area contributed by atoms with Gasteiger partial charge in [-0.1, -0.05) is 15.9 Å². The Morgan fingerprint density at radius 1 is 1.33 bits per heavy atom. The van der Waals surface area contributed by atoms with Gasteiger partial charge >= 0.3 is 0 Å². The van der Waals surface area contributed by atoms with Gasteiger partial charge in [0.1, 0.15) is 18.2 Å². The Kier molecular flexibility index (Phi) is 5.00. The predicted octanol–water partition coefficient (Wildman–Crippen LogP) is 2.66. The van der Waals surface area contributed by atoms with E-state index >= 15 is 0 Å². The van der Waals surface area contributed by atoms with Crippen LogP contribution in [-0.2, 0) is 20.1 Å². The summed E-state index contributed by atoms with van der Waals surface area (Å²) in [6, 6.07) is 4.19. The smallest absolute Gasteiger partial charge is 0.170 e. The van der Waals surface area contributed by atoms with Gasteiger partial charge in [-0.25, -0.2) is 0 Å². The van der Waals surface area contributed by atoms with Crippen molar-refractivity contribution in [1.29, 1.82) is 0 Å². The molecule has 114 valence electrons. The Morgan fingerprint density at radius 2 is 2.05 bits per heavy atom. The van der Waals surface area contributed by atoms with Gasteiger partial charge < -0.3 is 15.0 Å². The molecule has 0 aliphatic heterocycles. The molecule has 0 aliphatic carbocycles. The zero-order valence-electron chi connectivity index (χ0n) is 12.9. The first-order valence-corrected chi connectivity index (χ1v) is 7.70. The largest absolute Gasteiger partial charge is 0.485 e. The van der Waals surface area contributed by atoms with Crippen molar-refractivity contribution in [2.45, 2.75) is 39.8 Å². The maximum Gasteiger partial charge on any atom is 0.170 e. The average molecular weight is 353 g/mol. The summed E-state index contributed by atoms with van der Waals surface area (Å²) in [4.78, 5) is 0. The van der Waals surface area contributed by atoms with Crippen LogP contribution in [0.2, 0.25) is 0 Å². The number of nitrogens with zero attached hydrogens (tertiary/aromatic N) is 3. The van der Waals surface area contributed by atoms with Gasteiger partial charge in [0.25, 0.3) is 0 Å². The van der Waals surface area contributed by atoms with Crippen LogP contribution in [0.25, 0.3) is 0 Å². The van der Waals surface area contributed by atoms with E-state index in [0.29, 0.717) is 6.61 Å². The van der Waals surface area contributed by atoms with Crippen molar-refractivity contribution in [2.24, 2.45) is 12.8 Å². The number of aryl methyl sites for hydroxylation is 2. The third-order valence-electron chi connectivity index (χ3n) is 3.39. The normalized spacial score (nSPS) is 12.5. The van der Waals surface area contributed by atoms with Crippen molar-refractivity contribution in [2.75, 3.05) is 0 Å². The first-order valence-electron chi connectivity index (χ1n) is 6.90. The van der Waals surface area contributed by atoms with Crippen molar-refractivity contribution in [3.05, 3.63) is 39.4 Å². The van der Waals surface area contributed by atoms with E-state index in [2.05, 4.69) is 32.2 Å². The van der Waals surface area contributed by atoms with Crippen molar-refractivity contribution in [1.82, 2.24) is 14.8 Å². The number of halogens is 1. The van der Waals surface area contributed by atoms with Crippen LogP contribution < -0.4 is 10.5 Å². The van der Waals surface area contributed by atoms with Gasteiger partial charge in [-0.15, -0.1) is 10.2 Å². The molecule has 21 heavy (non-hydrogen) atoms. The topological polar surface area (TPSA) is 66.0 Å². The van der Waals surface area contributed by atoms with E-state index in [4.69, 9.17) is 10.5 Å². The lowest BCUT2D eigenvalue weighted by Gasteiger charge is -2.16. The number of nitrogens with two attached hydrogens (primary N) is 1. The van der Waals surface area contributed by atoms with E-state index in [1.54, 1.807) is 0 Å². The van der Waals surface area contributed by atoms with Gasteiger partial charge in [-0.05, 0) is 50.5 Å². The summed E-state index contributed by atoms with van der Waals surface area (Å²) in [6.45, 7) is 6.34. The van der Waals surface area contributed by atoms with Gasteiger partial charge in [0.2, 0.25) is 0 Å². The molecule has 0 aliphatic rings. The Morgan fingerprint density at radius 3 is 2.62 bits per heavy atom. The third kappa shape index (κ3) is 3.83. The van der Waals surface area contributed by atoms with Gasteiger partial charge in [0.05, 0.1) is 0 Å². The van der Waals surface area contributed by atoms with Crippen molar-refractivity contribution >= 4 is 15.9 Å². The van der Waals surface area contributed by atoms with E-state index in [1.807, 2.05) is 38.5 Å². The molecule has 0 fully saturated rings. The minimum absolute atomic E-state index is 0.0816. The first kappa shape index (κ1) is 16.0. The number of hydrogen-bond donors (Lipinski definition) is 1. The fraction of sp³-hybridized carbons (Fsp3) is 0.467. The highest BCUT2D eigenvalue weighted by Gasteiger charge is 2.13. The van der Waals surface area contributed by atoms with E-state index in [1.165, 1.54) is 0 Å². The Hall–Kier alpha value is -1.40. The molecule has 0 saturated carbocycles. The summed E-state index contributed by atoms with van der Waals surface area (Å²) in [5.74, 6) is 2.56. The van der Waals surface area contributed by atoms with Gasteiger partial charge in [-0.2, -0.15) is 0 Å². The van der Waals surface area contributed by atoms with Gasteiger partial charge in [0, 0.05) is 17.6 Å². The second-order valence-corrected chi connectivity index (χ2v) is 6.32. The summed E-state index contributed by atoms with van der Waals surface area (Å²) in [6.07, 6.45) is 0.771. The molecule has 1 heterocycles. The van der Waals surface area contributed by atoms with Crippen LogP contribution in [0.3, 0.4) is 0 Å². The summed E-state index contributed by atoms with van der Waals surface area (Å²) >= 11 is 3.53. The lowest BCUT2D eigenvalue weighted by Crippen LogP contribution is -2.18. The second-order valence-electron chi connectivity index (χ2n) is 5.40. The second kappa shape index (κ2) is 6.58. The highest BCUT2D eigenvalue weighted by molar-refractivity contribution is 9.10. The number of aromatic nitrogens is 3. The molecule has 1 aromatic carbocycles. The summed E-state index contributed by atoms with van der Waals surface area (Å²) in [7, 11) is 1.94. The van der Waals surface area contributed by atoms with Gasteiger partial charge in [-0.3, -0.25) is 0 Å². The molecule has 2 rings (SSSR count). The Balaban J connectivity index is 2.24. The van der Waals surface area contributed by atoms with Crippen LogP contribution in [0.1, 0.15) is 29.7 Å². The van der Waals surface area contributed by atoms with Crippen LogP contribution in [-0.4, -0.2) is 20.8 Å². The van der Waals surface area contributed by atoms with Crippen molar-refractivity contribution in [3.63, 3.8) is 0 Å². The fourth-order valence-corrected chi connectivity index (χ4v) is 2.84. The quantitative estimate of drug-likeness (QED) is 0.898. The fourth-order valence-electron chi connectivity index (χ4n) is 2.22. The molecule has 0 saturated heterocycles. The highest BCUT2D eigenvalue weighted by Crippen LogP contribution is 2.29. The third-order valence-corrected chi connectivity index (χ3v) is 3.84. The lowest BCUT2D eigenvalue weighted by atomic mass is 10.0. The minimum atomic E-state index is 0.0816. The number of hydrogen-bond acceptors (Lipinski definition) is 4. The number of ether oxygens (including phenoxy) is 1. The SMILES string of the molecule is Cc1cc(Br)cc(CC(C)N)c1OCc1nnc(C)n1C. The Labute approximate surface area is 133 Å². The molecule has 6 heteroatoms. The summed E-state index contributed by atoms with van der Waals surface area (Å²) in [5.41, 5.74) is 8.12. The highest BCUT2D eigenvalue weighted by atomic mass is 79.9. The van der Waals surface area contributed by atoms with E-state index < -0.39 is 0 Å². The minimum Gasteiger partial charge on any atom is -0.485 e. The molecular formula is C15H21BrN4O. The monoisotopic (exact) mass is 352 g/mol. The standard InChI is InChI=1S/C15H21BrN4O/c1-9-5-13(16)7-12(6-10(2)17)15(9)21-8-14-19-18-11(3)20(14)4/h5,7,10H,6,8,17H2,1-4H3. The number of rotatable bonds is 5. The average Bonchev–Trinajstić information content (AvgIpc) is 2.68. The maximum atomic E-state index is 6.00. The van der Waals surface area contributed by atoms with Crippen LogP contribution in [0, 0.1) is 13.8 Å².